The number of nitrogens with zero attached hydrogens (tertiary/aromatic N) is 2. The van der Waals surface area contributed by atoms with Crippen molar-refractivity contribution in [2.45, 2.75) is 19.9 Å². The fourth-order valence-electron chi connectivity index (χ4n) is 2.55. The second kappa shape index (κ2) is 5.32. The molecule has 1 aliphatic rings. The molecular formula is C14H19N3S2. The normalized spacial score (nSPS) is 24.1. The van der Waals surface area contributed by atoms with E-state index in [0.717, 1.165) is 31.2 Å². The summed E-state index contributed by atoms with van der Waals surface area (Å²) in [6, 6.07) is 4.21. The molecule has 1 unspecified atom stereocenters. The van der Waals surface area contributed by atoms with Crippen molar-refractivity contribution < 1.29 is 0 Å². The van der Waals surface area contributed by atoms with Crippen molar-refractivity contribution in [1.82, 2.24) is 9.88 Å². The lowest BCUT2D eigenvalue weighted by Gasteiger charge is -2.22. The molecule has 3 rings (SSSR count). The molecule has 1 saturated heterocycles. The molecule has 0 radical (unpaired) electrons. The molecule has 0 aromatic carbocycles. The van der Waals surface area contributed by atoms with Gasteiger partial charge in [-0.05, 0) is 36.4 Å². The summed E-state index contributed by atoms with van der Waals surface area (Å²) < 4.78 is 0. The molecule has 0 bridgehead atoms. The molecule has 0 spiro atoms. The minimum absolute atomic E-state index is 0.298. The smallest absolute Gasteiger partial charge is 0.133 e. The van der Waals surface area contributed by atoms with Crippen LogP contribution in [0.5, 0.6) is 0 Å². The quantitative estimate of drug-likeness (QED) is 0.942. The van der Waals surface area contributed by atoms with Gasteiger partial charge in [0.25, 0.3) is 0 Å². The van der Waals surface area contributed by atoms with Gasteiger partial charge in [0.05, 0.1) is 10.6 Å². The molecule has 2 aromatic heterocycles. The molecule has 1 atom stereocenters. The first-order valence-corrected chi connectivity index (χ1v) is 8.35. The fraction of sp³-hybridized carbons (Fsp3) is 0.500. The molecule has 2 aromatic rings. The highest BCUT2D eigenvalue weighted by molar-refractivity contribution is 7.20. The van der Waals surface area contributed by atoms with Crippen LogP contribution >= 0.6 is 22.7 Å². The molecule has 19 heavy (non-hydrogen) atoms. The Hall–Kier alpha value is -0.750. The molecule has 3 nitrogen and oxygen atoms in total. The summed E-state index contributed by atoms with van der Waals surface area (Å²) in [6.45, 7) is 6.25. The fourth-order valence-corrected chi connectivity index (χ4v) is 4.17. The lowest BCUT2D eigenvalue weighted by atomic mass is 9.90. The van der Waals surface area contributed by atoms with Gasteiger partial charge in [0.15, 0.2) is 0 Å². The molecule has 0 aliphatic carbocycles. The van der Waals surface area contributed by atoms with Crippen LogP contribution in [0.15, 0.2) is 22.9 Å². The van der Waals surface area contributed by atoms with Crippen molar-refractivity contribution in [2.24, 2.45) is 11.1 Å². The second-order valence-corrected chi connectivity index (χ2v) is 7.40. The summed E-state index contributed by atoms with van der Waals surface area (Å²) in [7, 11) is 0. The zero-order valence-electron chi connectivity index (χ0n) is 11.1. The number of thiazole rings is 1. The Morgan fingerprint density at radius 1 is 1.47 bits per heavy atom. The minimum Gasteiger partial charge on any atom is -0.330 e. The van der Waals surface area contributed by atoms with Gasteiger partial charge < -0.3 is 5.73 Å². The molecule has 1 aliphatic heterocycles. The van der Waals surface area contributed by atoms with Gasteiger partial charge >= 0.3 is 0 Å². The van der Waals surface area contributed by atoms with Crippen LogP contribution < -0.4 is 5.73 Å². The first kappa shape index (κ1) is 13.2. The predicted octanol–water partition coefficient (Wildman–Crippen LogP) is 3.04. The molecule has 102 valence electrons. The number of hydrogen-bond donors (Lipinski definition) is 1. The summed E-state index contributed by atoms with van der Waals surface area (Å²) >= 11 is 3.50. The number of nitrogens with two attached hydrogens (primary N) is 1. The largest absolute Gasteiger partial charge is 0.330 e. The highest BCUT2D eigenvalue weighted by Crippen LogP contribution is 2.31. The van der Waals surface area contributed by atoms with E-state index in [1.165, 1.54) is 17.0 Å². The summed E-state index contributed by atoms with van der Waals surface area (Å²) in [5.74, 6) is 0. The van der Waals surface area contributed by atoms with E-state index in [2.05, 4.69) is 34.7 Å². The molecule has 0 saturated carbocycles. The average molecular weight is 293 g/mol. The van der Waals surface area contributed by atoms with Crippen LogP contribution in [-0.2, 0) is 6.54 Å². The number of thiophene rings is 1. The lowest BCUT2D eigenvalue weighted by molar-refractivity contribution is 0.272. The van der Waals surface area contributed by atoms with E-state index in [0.29, 0.717) is 5.41 Å². The maximum Gasteiger partial charge on any atom is 0.133 e. The summed E-state index contributed by atoms with van der Waals surface area (Å²) in [5.41, 5.74) is 7.34. The Kier molecular flexibility index (Phi) is 3.71. The lowest BCUT2D eigenvalue weighted by Crippen LogP contribution is -2.31. The first-order chi connectivity index (χ1) is 9.18. The minimum atomic E-state index is 0.298. The third kappa shape index (κ3) is 2.89. The molecule has 3 heterocycles. The van der Waals surface area contributed by atoms with Crippen LogP contribution in [0.2, 0.25) is 0 Å². The van der Waals surface area contributed by atoms with Crippen molar-refractivity contribution >= 4 is 22.7 Å². The third-order valence-corrected chi connectivity index (χ3v) is 5.73. The molecular weight excluding hydrogens is 274 g/mol. The van der Waals surface area contributed by atoms with Crippen LogP contribution in [-0.4, -0.2) is 29.5 Å². The number of hydrogen-bond acceptors (Lipinski definition) is 5. The van der Waals surface area contributed by atoms with E-state index in [1.54, 1.807) is 22.7 Å². The van der Waals surface area contributed by atoms with Crippen molar-refractivity contribution in [3.05, 3.63) is 28.6 Å². The monoisotopic (exact) mass is 293 g/mol. The molecule has 2 N–H and O–H groups in total. The molecule has 5 heteroatoms. The van der Waals surface area contributed by atoms with Crippen LogP contribution in [0.25, 0.3) is 9.88 Å². The van der Waals surface area contributed by atoms with Gasteiger partial charge in [-0.15, -0.1) is 22.7 Å². The van der Waals surface area contributed by atoms with Crippen LogP contribution in [0.4, 0.5) is 0 Å². The van der Waals surface area contributed by atoms with E-state index in [9.17, 15) is 0 Å². The molecule has 1 fully saturated rings. The topological polar surface area (TPSA) is 42.1 Å². The number of aromatic nitrogens is 1. The maximum atomic E-state index is 5.85. The first-order valence-electron chi connectivity index (χ1n) is 6.59. The van der Waals surface area contributed by atoms with E-state index in [4.69, 9.17) is 10.7 Å². The highest BCUT2D eigenvalue weighted by Gasteiger charge is 2.32. The Morgan fingerprint density at radius 2 is 2.37 bits per heavy atom. The molecule has 0 amide bonds. The van der Waals surface area contributed by atoms with Crippen LogP contribution in [0.3, 0.4) is 0 Å². The van der Waals surface area contributed by atoms with Gasteiger partial charge in [0.2, 0.25) is 0 Å². The Morgan fingerprint density at radius 3 is 3.05 bits per heavy atom. The number of rotatable bonds is 4. The Balaban J connectivity index is 1.65. The summed E-state index contributed by atoms with van der Waals surface area (Å²) in [6.07, 6.45) is 1.20. The van der Waals surface area contributed by atoms with Gasteiger partial charge in [-0.2, -0.15) is 0 Å². The van der Waals surface area contributed by atoms with Crippen LogP contribution in [0.1, 0.15) is 19.0 Å². The van der Waals surface area contributed by atoms with E-state index >= 15 is 0 Å². The van der Waals surface area contributed by atoms with Crippen molar-refractivity contribution in [1.29, 1.82) is 0 Å². The van der Waals surface area contributed by atoms with Gasteiger partial charge in [0, 0.05) is 18.5 Å². The third-order valence-electron chi connectivity index (χ3n) is 3.80. The highest BCUT2D eigenvalue weighted by atomic mass is 32.1. The number of likely N-dealkylation sites (tertiary alicyclic amines) is 1. The maximum absolute atomic E-state index is 5.85. The van der Waals surface area contributed by atoms with Crippen LogP contribution in [0, 0.1) is 5.41 Å². The van der Waals surface area contributed by atoms with E-state index < -0.39 is 0 Å². The second-order valence-electron chi connectivity index (χ2n) is 5.60. The van der Waals surface area contributed by atoms with Gasteiger partial charge in [-0.1, -0.05) is 13.0 Å². The van der Waals surface area contributed by atoms with E-state index in [1.807, 2.05) is 0 Å². The zero-order chi connectivity index (χ0) is 13.3. The predicted molar refractivity (Wildman–Crippen MR) is 82.5 cm³/mol. The summed E-state index contributed by atoms with van der Waals surface area (Å²) in [5, 5.41) is 5.43. The standard InChI is InChI=1S/C14H19N3S2/c1-14(9-15)4-5-17(10-14)7-11-8-19-13(16-11)12-3-2-6-18-12/h2-3,6,8H,4-5,7,9-10,15H2,1H3. The van der Waals surface area contributed by atoms with Crippen molar-refractivity contribution in [3.8, 4) is 9.88 Å². The van der Waals surface area contributed by atoms with Crippen molar-refractivity contribution in [2.75, 3.05) is 19.6 Å². The average Bonchev–Trinajstić information content (AvgIpc) is 3.11. The van der Waals surface area contributed by atoms with Gasteiger partial charge in [-0.25, -0.2) is 4.98 Å². The zero-order valence-corrected chi connectivity index (χ0v) is 12.8. The Bertz CT molecular complexity index is 535. The van der Waals surface area contributed by atoms with Crippen molar-refractivity contribution in [3.63, 3.8) is 0 Å². The SMILES string of the molecule is CC1(CN)CCN(Cc2csc(-c3cccs3)n2)C1. The Labute approximate surface area is 122 Å². The van der Waals surface area contributed by atoms with E-state index in [-0.39, 0.29) is 0 Å². The summed E-state index contributed by atoms with van der Waals surface area (Å²) in [4.78, 5) is 8.49. The van der Waals surface area contributed by atoms with Gasteiger partial charge in [-0.3, -0.25) is 4.90 Å². The van der Waals surface area contributed by atoms with Gasteiger partial charge in [0.1, 0.15) is 5.01 Å².